The highest BCUT2D eigenvalue weighted by molar-refractivity contribution is 5.80. The first-order valence-corrected chi connectivity index (χ1v) is 7.56. The second-order valence-corrected chi connectivity index (χ2v) is 5.87. The Balaban J connectivity index is 1.79. The van der Waals surface area contributed by atoms with E-state index in [1.165, 1.54) is 0 Å². The van der Waals surface area contributed by atoms with Crippen LogP contribution in [0.5, 0.6) is 0 Å². The van der Waals surface area contributed by atoms with E-state index in [2.05, 4.69) is 15.2 Å². The van der Waals surface area contributed by atoms with Crippen LogP contribution in [0.25, 0.3) is 0 Å². The predicted octanol–water partition coefficient (Wildman–Crippen LogP) is 1.63. The Morgan fingerprint density at radius 3 is 2.73 bits per heavy atom. The van der Waals surface area contributed by atoms with Crippen LogP contribution >= 0.6 is 0 Å². The monoisotopic (exact) mass is 303 g/mol. The highest BCUT2D eigenvalue weighted by Crippen LogP contribution is 2.31. The second kappa shape index (κ2) is 5.55. The van der Waals surface area contributed by atoms with Crippen molar-refractivity contribution in [3.8, 4) is 0 Å². The number of rotatable bonds is 3. The molecule has 118 valence electrons. The summed E-state index contributed by atoms with van der Waals surface area (Å²) in [5.41, 5.74) is 2.97. The lowest BCUT2D eigenvalue weighted by molar-refractivity contribution is -0.131. The maximum absolute atomic E-state index is 12.7. The number of carbonyl (C=O) groups excluding carboxylic acids is 1. The van der Waals surface area contributed by atoms with Gasteiger partial charge in [0.05, 0.1) is 18.2 Å². The summed E-state index contributed by atoms with van der Waals surface area (Å²) in [7, 11) is 1.90. The van der Waals surface area contributed by atoms with Crippen molar-refractivity contribution in [3.63, 3.8) is 0 Å². The predicted molar refractivity (Wildman–Crippen MR) is 79.1 cm³/mol. The second-order valence-electron chi connectivity index (χ2n) is 5.87. The molecular weight excluding hydrogens is 282 g/mol. The smallest absolute Gasteiger partial charge is 0.227 e. The first kappa shape index (κ1) is 14.7. The SMILES string of the molecule is Cc1nc(C2CCCN2C(=O)Cc2c(C)nn(C)c2C)no1. The number of aryl methyl sites for hydroxylation is 3. The lowest BCUT2D eigenvalue weighted by atomic mass is 10.1. The molecule has 3 heterocycles. The van der Waals surface area contributed by atoms with Gasteiger partial charge in [0.25, 0.3) is 0 Å². The van der Waals surface area contributed by atoms with Crippen LogP contribution < -0.4 is 0 Å². The Hall–Kier alpha value is -2.18. The summed E-state index contributed by atoms with van der Waals surface area (Å²) in [4.78, 5) is 18.9. The van der Waals surface area contributed by atoms with Gasteiger partial charge in [0.15, 0.2) is 5.82 Å². The van der Waals surface area contributed by atoms with Crippen LogP contribution in [-0.2, 0) is 18.3 Å². The molecule has 7 nitrogen and oxygen atoms in total. The number of likely N-dealkylation sites (tertiary alicyclic amines) is 1. The van der Waals surface area contributed by atoms with Crippen LogP contribution in [0.3, 0.4) is 0 Å². The molecule has 0 N–H and O–H groups in total. The molecule has 0 aromatic carbocycles. The van der Waals surface area contributed by atoms with Crippen molar-refractivity contribution in [1.29, 1.82) is 0 Å². The molecule has 22 heavy (non-hydrogen) atoms. The molecule has 0 aliphatic carbocycles. The van der Waals surface area contributed by atoms with Crippen LogP contribution in [0, 0.1) is 20.8 Å². The molecule has 1 aliphatic heterocycles. The summed E-state index contributed by atoms with van der Waals surface area (Å²) in [5, 5.41) is 8.36. The fourth-order valence-corrected chi connectivity index (χ4v) is 3.11. The van der Waals surface area contributed by atoms with Crippen molar-refractivity contribution in [2.75, 3.05) is 6.54 Å². The van der Waals surface area contributed by atoms with E-state index in [-0.39, 0.29) is 11.9 Å². The number of carbonyl (C=O) groups is 1. The van der Waals surface area contributed by atoms with Crippen molar-refractivity contribution < 1.29 is 9.32 Å². The largest absolute Gasteiger partial charge is 0.340 e. The average molecular weight is 303 g/mol. The first-order chi connectivity index (χ1) is 10.5. The Labute approximate surface area is 129 Å². The summed E-state index contributed by atoms with van der Waals surface area (Å²) < 4.78 is 6.87. The van der Waals surface area contributed by atoms with Crippen LogP contribution in [-0.4, -0.2) is 37.3 Å². The van der Waals surface area contributed by atoms with Crippen molar-refractivity contribution >= 4 is 5.91 Å². The number of nitrogens with zero attached hydrogens (tertiary/aromatic N) is 5. The van der Waals surface area contributed by atoms with Gasteiger partial charge in [-0.1, -0.05) is 5.16 Å². The molecule has 2 aromatic rings. The summed E-state index contributed by atoms with van der Waals surface area (Å²) >= 11 is 0. The lowest BCUT2D eigenvalue weighted by Crippen LogP contribution is -2.32. The quantitative estimate of drug-likeness (QED) is 0.861. The van der Waals surface area contributed by atoms with Gasteiger partial charge in [0, 0.05) is 31.8 Å². The van der Waals surface area contributed by atoms with Crippen LogP contribution in [0.2, 0.25) is 0 Å². The minimum atomic E-state index is -0.0674. The molecule has 0 spiro atoms. The van der Waals surface area contributed by atoms with Gasteiger partial charge in [0.2, 0.25) is 11.8 Å². The maximum atomic E-state index is 12.7. The Morgan fingerprint density at radius 1 is 1.36 bits per heavy atom. The van der Waals surface area contributed by atoms with Gasteiger partial charge < -0.3 is 9.42 Å². The molecule has 0 bridgehead atoms. The fourth-order valence-electron chi connectivity index (χ4n) is 3.11. The Kier molecular flexibility index (Phi) is 3.72. The highest BCUT2D eigenvalue weighted by Gasteiger charge is 2.33. The van der Waals surface area contributed by atoms with Crippen LogP contribution in [0.1, 0.15) is 47.5 Å². The minimum absolute atomic E-state index is 0.0674. The summed E-state index contributed by atoms with van der Waals surface area (Å²) in [6.45, 7) is 6.45. The van der Waals surface area contributed by atoms with E-state index in [1.54, 1.807) is 6.92 Å². The van der Waals surface area contributed by atoms with Crippen molar-refractivity contribution in [3.05, 3.63) is 28.7 Å². The molecule has 1 atom stereocenters. The van der Waals surface area contributed by atoms with Gasteiger partial charge in [0.1, 0.15) is 0 Å². The lowest BCUT2D eigenvalue weighted by Gasteiger charge is -2.22. The zero-order valence-electron chi connectivity index (χ0n) is 13.5. The molecule has 1 saturated heterocycles. The summed E-state index contributed by atoms with van der Waals surface area (Å²) in [6, 6.07) is -0.0674. The van der Waals surface area contributed by atoms with Crippen molar-refractivity contribution in [1.82, 2.24) is 24.8 Å². The number of aromatic nitrogens is 4. The Morgan fingerprint density at radius 2 is 2.14 bits per heavy atom. The molecule has 1 aliphatic rings. The zero-order valence-corrected chi connectivity index (χ0v) is 13.5. The Bertz CT molecular complexity index is 703. The van der Waals surface area contributed by atoms with Crippen LogP contribution in [0.4, 0.5) is 0 Å². The van der Waals surface area contributed by atoms with E-state index in [4.69, 9.17) is 4.52 Å². The fraction of sp³-hybridized carbons (Fsp3) is 0.600. The van der Waals surface area contributed by atoms with Gasteiger partial charge in [-0.25, -0.2) is 0 Å². The van der Waals surface area contributed by atoms with Gasteiger partial charge in [-0.15, -0.1) is 0 Å². The molecule has 1 unspecified atom stereocenters. The number of amides is 1. The third-order valence-electron chi connectivity index (χ3n) is 4.40. The standard InChI is InChI=1S/C15H21N5O2/c1-9-12(10(2)19(4)17-9)8-14(21)20-7-5-6-13(20)15-16-11(3)22-18-15/h13H,5-8H2,1-4H3. The molecular formula is C15H21N5O2. The molecule has 0 saturated carbocycles. The third kappa shape index (κ3) is 2.51. The van der Waals surface area contributed by atoms with E-state index in [0.717, 1.165) is 36.3 Å². The summed E-state index contributed by atoms with van der Waals surface area (Å²) in [6.07, 6.45) is 2.23. The first-order valence-electron chi connectivity index (χ1n) is 7.56. The molecule has 0 radical (unpaired) electrons. The van der Waals surface area contributed by atoms with Gasteiger partial charge in [-0.2, -0.15) is 10.1 Å². The maximum Gasteiger partial charge on any atom is 0.227 e. The molecule has 1 fully saturated rings. The molecule has 3 rings (SSSR count). The molecule has 1 amide bonds. The normalized spacial score (nSPS) is 18.2. The van der Waals surface area contributed by atoms with E-state index < -0.39 is 0 Å². The molecule has 7 heteroatoms. The van der Waals surface area contributed by atoms with Gasteiger partial charge in [-0.3, -0.25) is 9.48 Å². The average Bonchev–Trinajstić information content (AvgIpc) is 3.15. The van der Waals surface area contributed by atoms with Gasteiger partial charge >= 0.3 is 0 Å². The summed E-state index contributed by atoms with van der Waals surface area (Å²) in [5.74, 6) is 1.25. The van der Waals surface area contributed by atoms with E-state index in [0.29, 0.717) is 18.1 Å². The highest BCUT2D eigenvalue weighted by atomic mass is 16.5. The zero-order chi connectivity index (χ0) is 15.9. The third-order valence-corrected chi connectivity index (χ3v) is 4.40. The van der Waals surface area contributed by atoms with Crippen molar-refractivity contribution in [2.24, 2.45) is 7.05 Å². The van der Waals surface area contributed by atoms with E-state index in [1.807, 2.05) is 30.5 Å². The van der Waals surface area contributed by atoms with Crippen LogP contribution in [0.15, 0.2) is 4.52 Å². The molecule has 2 aromatic heterocycles. The topological polar surface area (TPSA) is 77.1 Å². The number of hydrogen-bond donors (Lipinski definition) is 0. The number of hydrogen-bond acceptors (Lipinski definition) is 5. The van der Waals surface area contributed by atoms with Crippen molar-refractivity contribution in [2.45, 2.75) is 46.1 Å². The minimum Gasteiger partial charge on any atom is -0.340 e. The van der Waals surface area contributed by atoms with E-state index in [9.17, 15) is 4.79 Å². The van der Waals surface area contributed by atoms with Gasteiger partial charge in [-0.05, 0) is 26.7 Å². The van der Waals surface area contributed by atoms with E-state index >= 15 is 0 Å².